The molecule has 7 nitrogen and oxygen atoms in total. The molecule has 0 unspecified atom stereocenters. The van der Waals surface area contributed by atoms with Crippen molar-refractivity contribution in [3.63, 3.8) is 0 Å². The highest BCUT2D eigenvalue weighted by molar-refractivity contribution is 7.89. The molecule has 1 atom stereocenters. The van der Waals surface area contributed by atoms with E-state index in [-0.39, 0.29) is 29.1 Å². The van der Waals surface area contributed by atoms with Crippen molar-refractivity contribution in [1.29, 1.82) is 0 Å². The zero-order valence-electron chi connectivity index (χ0n) is 15.3. The van der Waals surface area contributed by atoms with Crippen molar-refractivity contribution >= 4 is 15.9 Å². The minimum absolute atomic E-state index is 0.173. The molecule has 0 saturated carbocycles. The SMILES string of the molecule is CC(C)N1C[C@]2(CCN(C(=O)c3ccco3)C2)Oc2ccccc2S1(=O)=O. The van der Waals surface area contributed by atoms with E-state index in [0.29, 0.717) is 25.3 Å². The summed E-state index contributed by atoms with van der Waals surface area (Å²) in [6.45, 7) is 4.68. The second kappa shape index (κ2) is 6.38. The molecule has 2 aromatic rings. The van der Waals surface area contributed by atoms with Crippen LogP contribution in [0.1, 0.15) is 30.8 Å². The number of hydrogen-bond donors (Lipinski definition) is 0. The Morgan fingerprint density at radius 2 is 1.93 bits per heavy atom. The number of likely N-dealkylation sites (tertiary alicyclic amines) is 1. The van der Waals surface area contributed by atoms with Crippen LogP contribution in [0.25, 0.3) is 0 Å². The Bertz CT molecular complexity index is 954. The molecule has 0 bridgehead atoms. The molecule has 8 heteroatoms. The van der Waals surface area contributed by atoms with Crippen LogP contribution in [0.15, 0.2) is 52.0 Å². The zero-order chi connectivity index (χ0) is 19.2. The van der Waals surface area contributed by atoms with Gasteiger partial charge < -0.3 is 14.1 Å². The van der Waals surface area contributed by atoms with Gasteiger partial charge in [-0.1, -0.05) is 12.1 Å². The zero-order valence-corrected chi connectivity index (χ0v) is 16.1. The Labute approximate surface area is 158 Å². The fraction of sp³-hybridized carbons (Fsp3) is 0.421. The van der Waals surface area contributed by atoms with E-state index in [4.69, 9.17) is 9.15 Å². The van der Waals surface area contributed by atoms with Gasteiger partial charge in [-0.05, 0) is 38.1 Å². The standard InChI is InChI=1S/C19H22N2O5S/c1-14(2)21-13-19(26-15-6-3-4-8-17(15)27(21,23)24)9-10-20(12-19)18(22)16-7-5-11-25-16/h3-8,11,14H,9-10,12-13H2,1-2H3/t19-/m1/s1. The van der Waals surface area contributed by atoms with Gasteiger partial charge in [0, 0.05) is 19.0 Å². The second-order valence-corrected chi connectivity index (χ2v) is 9.19. The molecule has 0 aliphatic carbocycles. The molecule has 1 aromatic carbocycles. The molecule has 1 aromatic heterocycles. The summed E-state index contributed by atoms with van der Waals surface area (Å²) in [6, 6.07) is 9.77. The lowest BCUT2D eigenvalue weighted by Crippen LogP contribution is -2.51. The van der Waals surface area contributed by atoms with Crippen molar-refractivity contribution in [1.82, 2.24) is 9.21 Å². The largest absolute Gasteiger partial charge is 0.483 e. The Morgan fingerprint density at radius 3 is 2.63 bits per heavy atom. The van der Waals surface area contributed by atoms with Gasteiger partial charge in [0.1, 0.15) is 16.2 Å². The molecule has 0 radical (unpaired) electrons. The summed E-state index contributed by atoms with van der Waals surface area (Å²) in [5.74, 6) is 0.402. The monoisotopic (exact) mass is 390 g/mol. The number of hydrogen-bond acceptors (Lipinski definition) is 5. The number of sulfonamides is 1. The Balaban J connectivity index is 1.71. The third-order valence-electron chi connectivity index (χ3n) is 5.12. The third-order valence-corrected chi connectivity index (χ3v) is 7.18. The minimum atomic E-state index is -3.68. The van der Waals surface area contributed by atoms with Gasteiger partial charge in [-0.25, -0.2) is 8.42 Å². The molecule has 1 amide bonds. The smallest absolute Gasteiger partial charge is 0.289 e. The van der Waals surface area contributed by atoms with Crippen molar-refractivity contribution in [3.05, 3.63) is 48.4 Å². The van der Waals surface area contributed by atoms with E-state index in [1.54, 1.807) is 41.3 Å². The Kier molecular flexibility index (Phi) is 4.27. The average molecular weight is 390 g/mol. The number of rotatable bonds is 2. The average Bonchev–Trinajstić information content (AvgIpc) is 3.28. The number of nitrogens with zero attached hydrogens (tertiary/aromatic N) is 2. The molecule has 2 aliphatic heterocycles. The normalized spacial score (nSPS) is 24.6. The van der Waals surface area contributed by atoms with E-state index in [1.165, 1.54) is 10.6 Å². The van der Waals surface area contributed by atoms with Gasteiger partial charge in [-0.15, -0.1) is 0 Å². The van der Waals surface area contributed by atoms with E-state index in [1.807, 2.05) is 13.8 Å². The van der Waals surface area contributed by atoms with Crippen LogP contribution in [0.2, 0.25) is 0 Å². The van der Waals surface area contributed by atoms with E-state index in [9.17, 15) is 13.2 Å². The highest BCUT2D eigenvalue weighted by Gasteiger charge is 2.49. The van der Waals surface area contributed by atoms with Crippen molar-refractivity contribution in [2.45, 2.75) is 36.8 Å². The van der Waals surface area contributed by atoms with Gasteiger partial charge in [0.2, 0.25) is 10.0 Å². The van der Waals surface area contributed by atoms with Gasteiger partial charge in [0.25, 0.3) is 5.91 Å². The van der Waals surface area contributed by atoms with Crippen molar-refractivity contribution in [2.75, 3.05) is 19.6 Å². The molecular formula is C19H22N2O5S. The molecular weight excluding hydrogens is 368 g/mol. The highest BCUT2D eigenvalue weighted by Crippen LogP contribution is 2.39. The van der Waals surface area contributed by atoms with Crippen LogP contribution in [0.5, 0.6) is 5.75 Å². The Morgan fingerprint density at radius 1 is 1.15 bits per heavy atom. The predicted molar refractivity (Wildman–Crippen MR) is 98.1 cm³/mol. The minimum Gasteiger partial charge on any atom is -0.483 e. The van der Waals surface area contributed by atoms with Crippen LogP contribution in [0.3, 0.4) is 0 Å². The van der Waals surface area contributed by atoms with Crippen LogP contribution < -0.4 is 4.74 Å². The van der Waals surface area contributed by atoms with Gasteiger partial charge in [0.15, 0.2) is 5.76 Å². The van der Waals surface area contributed by atoms with Crippen molar-refractivity contribution < 1.29 is 22.4 Å². The first-order chi connectivity index (χ1) is 12.8. The summed E-state index contributed by atoms with van der Waals surface area (Å²) in [6.07, 6.45) is 2.01. The molecule has 144 valence electrons. The lowest BCUT2D eigenvalue weighted by atomic mass is 10.0. The number of fused-ring (bicyclic) bond motifs is 1. The summed E-state index contributed by atoms with van der Waals surface area (Å²) in [5, 5.41) is 0. The van der Waals surface area contributed by atoms with E-state index >= 15 is 0 Å². The Hall–Kier alpha value is -2.32. The summed E-state index contributed by atoms with van der Waals surface area (Å²) < 4.78 is 39.3. The summed E-state index contributed by atoms with van der Waals surface area (Å²) in [5.41, 5.74) is -0.786. The van der Waals surface area contributed by atoms with E-state index < -0.39 is 15.6 Å². The predicted octanol–water partition coefficient (Wildman–Crippen LogP) is 2.36. The number of benzene rings is 1. The lowest BCUT2D eigenvalue weighted by molar-refractivity contribution is 0.0473. The quantitative estimate of drug-likeness (QED) is 0.786. The van der Waals surface area contributed by atoms with Crippen LogP contribution in [0.4, 0.5) is 0 Å². The fourth-order valence-corrected chi connectivity index (χ4v) is 5.58. The number of carbonyl (C=O) groups excluding carboxylic acids is 1. The fourth-order valence-electron chi connectivity index (χ4n) is 3.76. The molecule has 1 fully saturated rings. The first-order valence-corrected chi connectivity index (χ1v) is 10.4. The van der Waals surface area contributed by atoms with Crippen LogP contribution in [0, 0.1) is 0 Å². The number of carbonyl (C=O) groups is 1. The van der Waals surface area contributed by atoms with Gasteiger partial charge >= 0.3 is 0 Å². The van der Waals surface area contributed by atoms with Gasteiger partial charge in [-0.2, -0.15) is 4.31 Å². The topological polar surface area (TPSA) is 80.1 Å². The van der Waals surface area contributed by atoms with Crippen molar-refractivity contribution in [2.24, 2.45) is 0 Å². The number of ether oxygens (including phenoxy) is 1. The molecule has 1 saturated heterocycles. The molecule has 1 spiro atoms. The number of para-hydroxylation sites is 1. The maximum absolute atomic E-state index is 13.2. The maximum Gasteiger partial charge on any atom is 0.289 e. The van der Waals surface area contributed by atoms with Gasteiger partial charge in [-0.3, -0.25) is 4.79 Å². The molecule has 0 N–H and O–H groups in total. The summed E-state index contributed by atoms with van der Waals surface area (Å²) >= 11 is 0. The molecule has 4 rings (SSSR count). The summed E-state index contributed by atoms with van der Waals surface area (Å²) in [4.78, 5) is 14.5. The van der Waals surface area contributed by atoms with Crippen LogP contribution in [-0.2, 0) is 10.0 Å². The third kappa shape index (κ3) is 3.02. The second-order valence-electron chi connectivity index (χ2n) is 7.33. The molecule has 3 heterocycles. The number of amides is 1. The maximum atomic E-state index is 13.2. The lowest BCUT2D eigenvalue weighted by Gasteiger charge is -2.33. The van der Waals surface area contributed by atoms with Crippen molar-refractivity contribution in [3.8, 4) is 5.75 Å². The van der Waals surface area contributed by atoms with E-state index in [0.717, 1.165) is 0 Å². The van der Waals surface area contributed by atoms with Gasteiger partial charge in [0.05, 0.1) is 19.4 Å². The van der Waals surface area contributed by atoms with Crippen LogP contribution in [-0.4, -0.2) is 54.8 Å². The number of furan rings is 1. The highest BCUT2D eigenvalue weighted by atomic mass is 32.2. The van der Waals surface area contributed by atoms with Crippen LogP contribution >= 0.6 is 0 Å². The summed E-state index contributed by atoms with van der Waals surface area (Å²) in [7, 11) is -3.68. The molecule has 27 heavy (non-hydrogen) atoms. The van der Waals surface area contributed by atoms with E-state index in [2.05, 4.69) is 0 Å². The molecule has 2 aliphatic rings. The first-order valence-electron chi connectivity index (χ1n) is 8.95. The first kappa shape index (κ1) is 18.1.